The number of benzene rings is 11. The van der Waals surface area contributed by atoms with E-state index in [2.05, 4.69) is 127 Å². The number of imide groups is 2. The zero-order valence-electron chi connectivity index (χ0n) is 84.7. The number of rotatable bonds is 30. The lowest BCUT2D eigenvalue weighted by Gasteiger charge is -2.47. The summed E-state index contributed by atoms with van der Waals surface area (Å²) in [6, 6.07) is 40.9. The molecule has 736 valence electrons. The zero-order valence-corrected chi connectivity index (χ0v) is 84.7. The third-order valence-electron chi connectivity index (χ3n) is 30.1. The third kappa shape index (κ3) is 19.5. The van der Waals surface area contributed by atoms with E-state index in [0.29, 0.717) is 181 Å². The van der Waals surface area contributed by atoms with Crippen molar-refractivity contribution >= 4 is 102 Å². The number of carbonyl (C=O) groups excluding carboxylic acids is 10. The molecule has 17 rings (SSSR count). The van der Waals surface area contributed by atoms with Crippen LogP contribution in [0.2, 0.25) is 0 Å². The summed E-state index contributed by atoms with van der Waals surface area (Å²) < 4.78 is 31.1. The molecule has 0 saturated heterocycles. The maximum Gasteiger partial charge on any atom is 0.262 e. The Morgan fingerprint density at radius 1 is 0.296 bits per heavy atom. The number of amides is 10. The molecule has 11 aromatic rings. The van der Waals surface area contributed by atoms with Crippen LogP contribution in [0.5, 0.6) is 46.0 Å². The molecule has 4 aliphatic carbocycles. The molecule has 11 aromatic carbocycles. The van der Waals surface area contributed by atoms with E-state index in [0.717, 1.165) is 32.1 Å². The first-order valence-electron chi connectivity index (χ1n) is 50.7. The van der Waals surface area contributed by atoms with Crippen LogP contribution in [0.25, 0.3) is 43.1 Å². The van der Waals surface area contributed by atoms with E-state index in [9.17, 15) is 19.2 Å². The minimum absolute atomic E-state index is 0.0440. The maximum absolute atomic E-state index is 17.8. The number of ether oxygens (including phenoxy) is 4. The Balaban J connectivity index is 0.986. The van der Waals surface area contributed by atoms with Crippen molar-refractivity contribution in [2.24, 2.45) is 0 Å². The molecule has 0 spiro atoms. The standard InChI is InChI=1S/C120H132N8O14/c1-63(2)77-43-47-93(71(17)51-77)139-97-59-89-101-90(116(134)127(115(89)133)109(75-31-23-21-24-32-75)119(137)125(85-39-27-35-81(55-85)121-111(129)67(9)10)86-40-28-36-82(56-86)122-112(130)68(11)12)61-99(141-95-49-45-79(65(5)6)53-73(95)19)105-106-100(142-96-50-46-80(66(7)8)54-74(96)20)62-92-102-91(60-98(104(108(102)106)103(97)107(101)105)140-94-48-44-78(64(3)4)52-72(94)18)117(135)128(118(92)136)110(76-33-25-22-26-34-76)120(138)126(87-41-29-37-83(57-87)123-113(131)69(13)14)88-42-30-38-84(58-88)124-114(132)70(15)16/h21-26,31-34,43-54,59-66,81-88,109-110H,9,11,13,15,27-30,35-42,55-58H2,1-8,10,12,14,16-20H3,(H,121,129)(H,122,130)(H,123,131)(H,124,132). The zero-order chi connectivity index (χ0) is 101. The lowest BCUT2D eigenvalue weighted by atomic mass is 9.80. The molecule has 22 nitrogen and oxygen atoms in total. The molecule has 4 N–H and O–H groups in total. The fourth-order valence-electron chi connectivity index (χ4n) is 22.5. The molecule has 142 heavy (non-hydrogen) atoms. The van der Waals surface area contributed by atoms with Gasteiger partial charge < -0.3 is 50.0 Å². The van der Waals surface area contributed by atoms with Crippen LogP contribution in [0, 0.1) is 27.7 Å². The Labute approximate surface area is 832 Å². The van der Waals surface area contributed by atoms with Crippen molar-refractivity contribution in [3.05, 3.63) is 284 Å². The quantitative estimate of drug-likeness (QED) is 0.0141. The molecule has 10 amide bonds. The Bertz CT molecular complexity index is 6230. The average Bonchev–Trinajstić information content (AvgIpc) is 0.667. The molecule has 10 unspecified atom stereocenters. The van der Waals surface area contributed by atoms with E-state index in [1.807, 2.05) is 98.2 Å². The molecule has 4 saturated carbocycles. The van der Waals surface area contributed by atoms with Crippen LogP contribution in [0.15, 0.2) is 206 Å². The van der Waals surface area contributed by atoms with Gasteiger partial charge in [0.05, 0.1) is 22.3 Å². The third-order valence-corrected chi connectivity index (χ3v) is 30.1. The summed E-state index contributed by atoms with van der Waals surface area (Å²) in [6.07, 6.45) is 8.24. The lowest BCUT2D eigenvalue weighted by molar-refractivity contribution is -0.144. The van der Waals surface area contributed by atoms with Gasteiger partial charge in [-0.2, -0.15) is 0 Å². The van der Waals surface area contributed by atoms with Gasteiger partial charge in [-0.15, -0.1) is 0 Å². The lowest BCUT2D eigenvalue weighted by Crippen LogP contribution is -2.58. The second-order valence-electron chi connectivity index (χ2n) is 42.0. The highest BCUT2D eigenvalue weighted by Gasteiger charge is 2.52. The summed E-state index contributed by atoms with van der Waals surface area (Å²) in [7, 11) is 0. The van der Waals surface area contributed by atoms with Crippen LogP contribution < -0.4 is 40.2 Å². The highest BCUT2D eigenvalue weighted by atomic mass is 16.5. The summed E-state index contributed by atoms with van der Waals surface area (Å²) in [5.41, 5.74) is 8.67. The van der Waals surface area contributed by atoms with E-state index in [1.165, 1.54) is 0 Å². The number of nitrogens with one attached hydrogen (secondary N) is 4. The molecule has 22 heteroatoms. The predicted octanol–water partition coefficient (Wildman–Crippen LogP) is 25.0. The van der Waals surface area contributed by atoms with E-state index in [-0.39, 0.29) is 136 Å². The molecule has 0 bridgehead atoms. The van der Waals surface area contributed by atoms with Crippen LogP contribution in [-0.4, -0.2) is 127 Å². The first kappa shape index (κ1) is 99.5. The van der Waals surface area contributed by atoms with Gasteiger partial charge >= 0.3 is 0 Å². The van der Waals surface area contributed by atoms with Gasteiger partial charge in [-0.1, -0.05) is 191 Å². The normalized spacial score (nSPS) is 19.6. The highest BCUT2D eigenvalue weighted by Crippen LogP contribution is 2.60. The second-order valence-corrected chi connectivity index (χ2v) is 42.0. The van der Waals surface area contributed by atoms with Crippen LogP contribution in [-0.2, 0) is 28.8 Å². The second kappa shape index (κ2) is 40.9. The van der Waals surface area contributed by atoms with Gasteiger partial charge in [-0.05, 0) is 286 Å². The van der Waals surface area contributed by atoms with Crippen molar-refractivity contribution in [3.8, 4) is 46.0 Å². The summed E-state index contributed by atoms with van der Waals surface area (Å²) in [5.74, 6) is -3.81. The Kier molecular flexibility index (Phi) is 28.7. The summed E-state index contributed by atoms with van der Waals surface area (Å²) >= 11 is 0. The number of carbonyl (C=O) groups is 10. The number of nitrogens with zero attached hydrogens (tertiary/aromatic N) is 4. The maximum atomic E-state index is 17.8. The Hall–Kier alpha value is -14.0. The summed E-state index contributed by atoms with van der Waals surface area (Å²) in [4.78, 5) is 167. The molecular weight excluding hydrogens is 1780 g/mol. The van der Waals surface area contributed by atoms with Crippen molar-refractivity contribution in [2.75, 3.05) is 0 Å². The van der Waals surface area contributed by atoms with E-state index < -0.39 is 95.9 Å². The van der Waals surface area contributed by atoms with E-state index >= 15 is 28.8 Å². The average molecular weight is 1910 g/mol. The molecule has 4 fully saturated rings. The van der Waals surface area contributed by atoms with Crippen molar-refractivity contribution in [3.63, 3.8) is 0 Å². The number of fused-ring (bicyclic) bond motifs is 2. The van der Waals surface area contributed by atoms with E-state index in [4.69, 9.17) is 18.9 Å². The van der Waals surface area contributed by atoms with Crippen molar-refractivity contribution in [1.82, 2.24) is 40.9 Å². The fourth-order valence-corrected chi connectivity index (χ4v) is 22.5. The van der Waals surface area contributed by atoms with Crippen LogP contribution in [0.4, 0.5) is 0 Å². The fraction of sp³-hybridized carbons (Fsp3) is 0.383. The van der Waals surface area contributed by atoms with Gasteiger partial charge in [0.25, 0.3) is 35.4 Å². The molecule has 2 aliphatic heterocycles. The number of aryl methyl sites for hydroxylation is 4. The summed E-state index contributed by atoms with van der Waals surface area (Å²) in [5, 5.41) is 14.6. The smallest absolute Gasteiger partial charge is 0.262 e. The first-order chi connectivity index (χ1) is 67.8. The largest absolute Gasteiger partial charge is 0.456 e. The predicted molar refractivity (Wildman–Crippen MR) is 558 cm³/mol. The molecule has 0 radical (unpaired) electrons. The van der Waals surface area contributed by atoms with Gasteiger partial charge in [-0.3, -0.25) is 57.7 Å². The summed E-state index contributed by atoms with van der Waals surface area (Å²) in [6.45, 7) is 47.0. The van der Waals surface area contributed by atoms with Crippen LogP contribution in [0.3, 0.4) is 0 Å². The molecule has 2 heterocycles. The van der Waals surface area contributed by atoms with Crippen LogP contribution in [0.1, 0.15) is 319 Å². The van der Waals surface area contributed by atoms with Gasteiger partial charge in [0.1, 0.15) is 58.1 Å². The monoisotopic (exact) mass is 1910 g/mol. The number of hydrogen-bond acceptors (Lipinski definition) is 14. The van der Waals surface area contributed by atoms with Crippen molar-refractivity contribution in [1.29, 1.82) is 0 Å². The SMILES string of the molecule is C=C(C)C(=O)NC1CCCC(N(C(=O)C(c2ccccc2)N2C(=O)c3cc(Oc4ccc(C(C)C)cc4C)c4c5c(Oc6ccc(C(C)C)cc6C)cc6c7c(cc(Oc8ccc(C(C)C)cc8C)c(c8c(Oc9ccc(C(C)C)cc9C)cc(c3c48)C2=O)c75)C(=O)N(C(C(=O)N(C2CCCC(NC(=O)C(=C)C)C2)C2CCCC(NC(=O)C(=C)C)C2)c2ccccc2)C6=O)C2CCCC(NC(=O)C(=C)C)C2)C1. The first-order valence-corrected chi connectivity index (χ1v) is 50.7. The minimum atomic E-state index is -1.68. The Morgan fingerprint density at radius 3 is 0.725 bits per heavy atom. The molecule has 0 aromatic heterocycles. The number of hydrogen-bond donors (Lipinski definition) is 4. The molecule has 6 aliphatic rings. The van der Waals surface area contributed by atoms with Crippen LogP contribution >= 0.6 is 0 Å². The topological polar surface area (TPSA) is 269 Å². The molecule has 10 atom stereocenters. The Morgan fingerprint density at radius 2 is 0.521 bits per heavy atom. The van der Waals surface area contributed by atoms with Crippen molar-refractivity contribution < 1.29 is 66.9 Å². The minimum Gasteiger partial charge on any atom is -0.456 e. The molecular formula is C120H132N8O14. The van der Waals surface area contributed by atoms with Crippen molar-refractivity contribution in [2.45, 2.75) is 298 Å². The van der Waals surface area contributed by atoms with E-state index in [1.54, 1.807) is 100 Å². The van der Waals surface area contributed by atoms with Gasteiger partial charge in [-0.25, -0.2) is 0 Å². The van der Waals surface area contributed by atoms with Gasteiger partial charge in [0, 0.05) is 114 Å². The highest BCUT2D eigenvalue weighted by molar-refractivity contribution is 6.45. The van der Waals surface area contributed by atoms with Gasteiger partial charge in [0.2, 0.25) is 23.6 Å². The van der Waals surface area contributed by atoms with Gasteiger partial charge in [0.15, 0.2) is 0 Å².